The van der Waals surface area contributed by atoms with E-state index in [2.05, 4.69) is 10.6 Å². The molecule has 2 aliphatic heterocycles. The Morgan fingerprint density at radius 2 is 1.79 bits per heavy atom. The number of amides is 2. The quantitative estimate of drug-likeness (QED) is 0.675. The molecule has 4 nitrogen and oxygen atoms in total. The average Bonchev–Trinajstić information content (AvgIpc) is 2.88. The van der Waals surface area contributed by atoms with Crippen LogP contribution in [0.3, 0.4) is 0 Å². The minimum absolute atomic E-state index is 0.0181. The van der Waals surface area contributed by atoms with Crippen LogP contribution in [-0.4, -0.2) is 17.9 Å². The van der Waals surface area contributed by atoms with Crippen molar-refractivity contribution >= 4 is 40.7 Å². The zero-order valence-corrected chi connectivity index (χ0v) is 17.7. The van der Waals surface area contributed by atoms with Gasteiger partial charge in [0.1, 0.15) is 0 Å². The van der Waals surface area contributed by atoms with Gasteiger partial charge in [0.15, 0.2) is 0 Å². The molecule has 0 aromatic heterocycles. The Kier molecular flexibility index (Phi) is 6.01. The Balaban J connectivity index is 0.000000236. The van der Waals surface area contributed by atoms with Crippen molar-refractivity contribution in [3.8, 4) is 0 Å². The van der Waals surface area contributed by atoms with Crippen LogP contribution in [0.5, 0.6) is 0 Å². The van der Waals surface area contributed by atoms with Crippen molar-refractivity contribution in [2.24, 2.45) is 5.92 Å². The number of carbonyl (C=O) groups excluding carboxylic acids is 2. The fourth-order valence-electron chi connectivity index (χ4n) is 4.10. The van der Waals surface area contributed by atoms with Gasteiger partial charge in [-0.25, -0.2) is 0 Å². The predicted octanol–water partition coefficient (Wildman–Crippen LogP) is 5.11. The standard InChI is InChI=1S/C15H17ClN2O2.C7H7Cl/c1-8(2)13-15(6-5-12(19)18-13)10-4-3-9(16)7-11(10)17-14(15)20;1-6-3-2-4-7(8)5-6/h3-4,7-8,13H,5-6H2,1-2H3,(H,17,20)(H,18,19);2-5H,1H3/t13?,15-;/m1./s1. The zero-order valence-electron chi connectivity index (χ0n) is 16.2. The molecule has 6 heteroatoms. The summed E-state index contributed by atoms with van der Waals surface area (Å²) >= 11 is 11.6. The van der Waals surface area contributed by atoms with Crippen LogP contribution in [0.25, 0.3) is 0 Å². The molecule has 2 heterocycles. The number of rotatable bonds is 1. The highest BCUT2D eigenvalue weighted by atomic mass is 35.5. The second-order valence-electron chi connectivity index (χ2n) is 7.70. The zero-order chi connectivity index (χ0) is 20.5. The van der Waals surface area contributed by atoms with Crippen molar-refractivity contribution in [2.75, 3.05) is 5.32 Å². The monoisotopic (exact) mass is 418 g/mol. The molecular formula is C22H24Cl2N2O2. The second-order valence-corrected chi connectivity index (χ2v) is 8.58. The minimum atomic E-state index is -0.665. The lowest BCUT2D eigenvalue weighted by Crippen LogP contribution is -2.60. The molecule has 0 saturated carbocycles. The molecule has 4 rings (SSSR count). The van der Waals surface area contributed by atoms with E-state index in [-0.39, 0.29) is 23.8 Å². The number of fused-ring (bicyclic) bond motifs is 2. The van der Waals surface area contributed by atoms with Crippen molar-refractivity contribution in [3.63, 3.8) is 0 Å². The highest BCUT2D eigenvalue weighted by Gasteiger charge is 2.55. The average molecular weight is 419 g/mol. The van der Waals surface area contributed by atoms with Gasteiger partial charge in [0.05, 0.1) is 5.41 Å². The number of benzene rings is 2. The molecule has 148 valence electrons. The first-order valence-electron chi connectivity index (χ1n) is 9.37. The number of hydrogen-bond donors (Lipinski definition) is 2. The van der Waals surface area contributed by atoms with E-state index in [1.54, 1.807) is 12.1 Å². The lowest BCUT2D eigenvalue weighted by Gasteiger charge is -2.42. The Hall–Kier alpha value is -2.04. The second kappa shape index (κ2) is 8.14. The van der Waals surface area contributed by atoms with E-state index in [1.165, 1.54) is 5.56 Å². The van der Waals surface area contributed by atoms with Gasteiger partial charge in [-0.2, -0.15) is 0 Å². The smallest absolute Gasteiger partial charge is 0.237 e. The molecule has 1 saturated heterocycles. The van der Waals surface area contributed by atoms with Crippen LogP contribution < -0.4 is 10.6 Å². The summed E-state index contributed by atoms with van der Waals surface area (Å²) < 4.78 is 0. The number of halogens is 2. The summed E-state index contributed by atoms with van der Waals surface area (Å²) in [5.41, 5.74) is 2.26. The van der Waals surface area contributed by atoms with E-state index >= 15 is 0 Å². The van der Waals surface area contributed by atoms with E-state index in [4.69, 9.17) is 23.2 Å². The summed E-state index contributed by atoms with van der Waals surface area (Å²) in [6, 6.07) is 13.1. The number of anilines is 1. The summed E-state index contributed by atoms with van der Waals surface area (Å²) in [6.07, 6.45) is 0.918. The molecule has 2 atom stereocenters. The third kappa shape index (κ3) is 3.89. The molecule has 1 unspecified atom stereocenters. The van der Waals surface area contributed by atoms with Crippen LogP contribution in [0.2, 0.25) is 10.0 Å². The van der Waals surface area contributed by atoms with Gasteiger partial charge in [0, 0.05) is 28.2 Å². The van der Waals surface area contributed by atoms with Gasteiger partial charge in [-0.15, -0.1) is 0 Å². The van der Waals surface area contributed by atoms with Crippen molar-refractivity contribution in [3.05, 3.63) is 63.6 Å². The van der Waals surface area contributed by atoms with Crippen LogP contribution in [0.1, 0.15) is 37.8 Å². The Labute approximate surface area is 175 Å². The number of carbonyl (C=O) groups is 2. The molecule has 28 heavy (non-hydrogen) atoms. The first-order chi connectivity index (χ1) is 13.2. The molecule has 2 aliphatic rings. The van der Waals surface area contributed by atoms with Crippen LogP contribution in [-0.2, 0) is 15.0 Å². The van der Waals surface area contributed by atoms with Gasteiger partial charge < -0.3 is 10.6 Å². The third-order valence-electron chi connectivity index (χ3n) is 5.36. The summed E-state index contributed by atoms with van der Waals surface area (Å²) in [4.78, 5) is 24.4. The fourth-order valence-corrected chi connectivity index (χ4v) is 4.52. The molecule has 2 amide bonds. The normalized spacial score (nSPS) is 23.0. The van der Waals surface area contributed by atoms with E-state index in [0.717, 1.165) is 16.3 Å². The van der Waals surface area contributed by atoms with Crippen molar-refractivity contribution in [2.45, 2.75) is 45.1 Å². The first-order valence-corrected chi connectivity index (χ1v) is 10.1. The molecule has 2 aromatic rings. The number of aryl methyl sites for hydroxylation is 1. The number of nitrogens with one attached hydrogen (secondary N) is 2. The maximum absolute atomic E-state index is 12.6. The van der Waals surface area contributed by atoms with E-state index in [1.807, 2.05) is 51.1 Å². The van der Waals surface area contributed by atoms with Crippen LogP contribution >= 0.6 is 23.2 Å². The maximum Gasteiger partial charge on any atom is 0.237 e. The summed E-state index contributed by atoms with van der Waals surface area (Å²) in [5, 5.41) is 7.33. The van der Waals surface area contributed by atoms with E-state index in [0.29, 0.717) is 17.9 Å². The molecule has 0 aliphatic carbocycles. The Bertz CT molecular complexity index is 896. The Morgan fingerprint density at radius 1 is 1.07 bits per heavy atom. The van der Waals surface area contributed by atoms with Gasteiger partial charge in [-0.05, 0) is 54.7 Å². The molecule has 1 fully saturated rings. The van der Waals surface area contributed by atoms with Gasteiger partial charge in [-0.3, -0.25) is 9.59 Å². The summed E-state index contributed by atoms with van der Waals surface area (Å²) in [5.74, 6) is 0.157. The van der Waals surface area contributed by atoms with Crippen LogP contribution in [0.15, 0.2) is 42.5 Å². The highest BCUT2D eigenvalue weighted by Crippen LogP contribution is 2.47. The van der Waals surface area contributed by atoms with E-state index < -0.39 is 5.41 Å². The molecule has 2 aromatic carbocycles. The predicted molar refractivity (Wildman–Crippen MR) is 114 cm³/mol. The molecular weight excluding hydrogens is 395 g/mol. The number of hydrogen-bond acceptors (Lipinski definition) is 2. The summed E-state index contributed by atoms with van der Waals surface area (Å²) in [7, 11) is 0. The third-order valence-corrected chi connectivity index (χ3v) is 5.83. The lowest BCUT2D eigenvalue weighted by molar-refractivity contribution is -0.130. The van der Waals surface area contributed by atoms with Crippen molar-refractivity contribution in [1.29, 1.82) is 0 Å². The molecule has 0 radical (unpaired) electrons. The lowest BCUT2D eigenvalue weighted by atomic mass is 9.66. The van der Waals surface area contributed by atoms with Gasteiger partial charge in [-0.1, -0.05) is 55.2 Å². The van der Waals surface area contributed by atoms with Gasteiger partial charge in [0.2, 0.25) is 11.8 Å². The molecule has 1 spiro atoms. The van der Waals surface area contributed by atoms with Crippen LogP contribution in [0, 0.1) is 12.8 Å². The van der Waals surface area contributed by atoms with Gasteiger partial charge >= 0.3 is 0 Å². The molecule has 0 bridgehead atoms. The van der Waals surface area contributed by atoms with Crippen molar-refractivity contribution < 1.29 is 9.59 Å². The van der Waals surface area contributed by atoms with Gasteiger partial charge in [0.25, 0.3) is 0 Å². The topological polar surface area (TPSA) is 58.2 Å². The Morgan fingerprint density at radius 3 is 2.39 bits per heavy atom. The minimum Gasteiger partial charge on any atom is -0.352 e. The number of piperidine rings is 1. The SMILES string of the molecule is CC(C)C1NC(=O)CC[C@]12C(=O)Nc1cc(Cl)ccc12.Cc1cccc(Cl)c1. The highest BCUT2D eigenvalue weighted by molar-refractivity contribution is 6.31. The van der Waals surface area contributed by atoms with Crippen molar-refractivity contribution in [1.82, 2.24) is 5.32 Å². The fraction of sp³-hybridized carbons (Fsp3) is 0.364. The maximum atomic E-state index is 12.6. The van der Waals surface area contributed by atoms with Crippen LogP contribution in [0.4, 0.5) is 5.69 Å². The largest absolute Gasteiger partial charge is 0.352 e. The van der Waals surface area contributed by atoms with E-state index in [9.17, 15) is 9.59 Å². The summed E-state index contributed by atoms with van der Waals surface area (Å²) in [6.45, 7) is 6.07. The molecule has 2 N–H and O–H groups in total. The first kappa shape index (κ1) is 20.7.